The summed E-state index contributed by atoms with van der Waals surface area (Å²) in [5.41, 5.74) is 11.4. The Morgan fingerprint density at radius 1 is 0.980 bits per heavy atom. The predicted octanol–water partition coefficient (Wildman–Crippen LogP) is 5.67. The number of aromatic hydroxyl groups is 1. The highest BCUT2D eigenvalue weighted by Gasteiger charge is 2.48. The normalized spacial score (nSPS) is 15.7. The molecular weight excluding hydrogens is 630 g/mol. The summed E-state index contributed by atoms with van der Waals surface area (Å²) in [6.07, 6.45) is 7.34. The van der Waals surface area contributed by atoms with E-state index in [1.54, 1.807) is 16.9 Å². The third kappa shape index (κ3) is 4.51. The fourth-order valence-corrected chi connectivity index (χ4v) is 7.58. The number of hydrogen-bond acceptors (Lipinski definition) is 9. The molecule has 0 atom stereocenters. The third-order valence-corrected chi connectivity index (χ3v) is 10.0. The van der Waals surface area contributed by atoms with Crippen molar-refractivity contribution in [2.75, 3.05) is 5.73 Å². The molecular formula is C38H35N9O3. The first-order chi connectivity index (χ1) is 24.2. The van der Waals surface area contributed by atoms with Crippen molar-refractivity contribution in [1.82, 2.24) is 39.1 Å². The third-order valence-electron chi connectivity index (χ3n) is 10.0. The zero-order chi connectivity index (χ0) is 34.4. The second-order valence-electron chi connectivity index (χ2n) is 13.8. The molecule has 0 bridgehead atoms. The van der Waals surface area contributed by atoms with Crippen LogP contribution in [-0.2, 0) is 25.0 Å². The number of nitrogen functional groups attached to an aromatic ring is 1. The van der Waals surface area contributed by atoms with Crippen molar-refractivity contribution in [2.45, 2.75) is 64.3 Å². The van der Waals surface area contributed by atoms with Crippen LogP contribution >= 0.6 is 0 Å². The van der Waals surface area contributed by atoms with E-state index in [9.17, 15) is 5.11 Å². The molecule has 1 fully saturated rings. The van der Waals surface area contributed by atoms with Crippen LogP contribution in [-0.4, -0.2) is 49.8 Å². The Morgan fingerprint density at radius 3 is 2.56 bits per heavy atom. The Labute approximate surface area is 286 Å². The number of phenolic OH excluding ortho intramolecular Hbond substituents is 1. The molecule has 3 N–H and O–H groups in total. The molecule has 50 heavy (non-hydrogen) atoms. The van der Waals surface area contributed by atoms with Gasteiger partial charge in [-0.25, -0.2) is 19.6 Å². The highest BCUT2D eigenvalue weighted by Crippen LogP contribution is 2.50. The molecule has 1 aliphatic carbocycles. The van der Waals surface area contributed by atoms with Gasteiger partial charge in [0.1, 0.15) is 35.8 Å². The van der Waals surface area contributed by atoms with Crippen molar-refractivity contribution >= 4 is 27.8 Å². The molecule has 250 valence electrons. The number of nitrogens with zero attached hydrogens (tertiary/aromatic N) is 8. The lowest BCUT2D eigenvalue weighted by Gasteiger charge is -2.24. The van der Waals surface area contributed by atoms with E-state index < -0.39 is 11.1 Å². The molecule has 0 unspecified atom stereocenters. The van der Waals surface area contributed by atoms with Gasteiger partial charge < -0.3 is 15.6 Å². The highest BCUT2D eigenvalue weighted by atomic mass is 16.5. The van der Waals surface area contributed by atoms with Crippen molar-refractivity contribution in [1.29, 1.82) is 0 Å². The number of nitrogens with two attached hydrogens (primary N) is 1. The Bertz CT molecular complexity index is 2550. The van der Waals surface area contributed by atoms with Crippen molar-refractivity contribution in [3.8, 4) is 33.9 Å². The lowest BCUT2D eigenvalue weighted by molar-refractivity contribution is 0.134. The first-order valence-electron chi connectivity index (χ1n) is 16.8. The number of hydrogen-bond donors (Lipinski definition) is 2. The molecule has 1 saturated carbocycles. The predicted molar refractivity (Wildman–Crippen MR) is 190 cm³/mol. The topological polar surface area (TPSA) is 152 Å². The Balaban J connectivity index is 1.27. The maximum absolute atomic E-state index is 15.0. The largest absolute Gasteiger partial charge is 0.504 e. The summed E-state index contributed by atoms with van der Waals surface area (Å²) in [4.78, 5) is 29.2. The van der Waals surface area contributed by atoms with Gasteiger partial charge in [-0.1, -0.05) is 42.5 Å². The number of aryl methyl sites for hydroxylation is 1. The molecule has 12 heteroatoms. The summed E-state index contributed by atoms with van der Waals surface area (Å²) < 4.78 is 11.6. The van der Waals surface area contributed by atoms with Gasteiger partial charge in [0.25, 0.3) is 5.56 Å². The van der Waals surface area contributed by atoms with Crippen LogP contribution in [0.25, 0.3) is 44.3 Å². The monoisotopic (exact) mass is 665 g/mol. The molecule has 4 aromatic heterocycles. The van der Waals surface area contributed by atoms with E-state index in [0.29, 0.717) is 45.6 Å². The van der Waals surface area contributed by atoms with Crippen molar-refractivity contribution < 1.29 is 9.84 Å². The zero-order valence-corrected chi connectivity index (χ0v) is 28.0. The number of ether oxygens (including phenoxy) is 1. The van der Waals surface area contributed by atoms with Crippen LogP contribution in [0.1, 0.15) is 50.6 Å². The van der Waals surface area contributed by atoms with Crippen LogP contribution in [0.4, 0.5) is 5.82 Å². The Kier molecular flexibility index (Phi) is 6.45. The van der Waals surface area contributed by atoms with Gasteiger partial charge in [-0.05, 0) is 62.9 Å². The van der Waals surface area contributed by atoms with E-state index in [1.165, 1.54) is 6.33 Å². The van der Waals surface area contributed by atoms with Gasteiger partial charge in [0.2, 0.25) is 0 Å². The average molecular weight is 666 g/mol. The van der Waals surface area contributed by atoms with Crippen LogP contribution in [0.3, 0.4) is 0 Å². The number of phenols is 1. The molecule has 0 amide bonds. The summed E-state index contributed by atoms with van der Waals surface area (Å²) in [6.45, 7) is 6.87. The van der Waals surface area contributed by atoms with Gasteiger partial charge in [-0.2, -0.15) is 10.2 Å². The van der Waals surface area contributed by atoms with E-state index >= 15 is 4.79 Å². The molecule has 12 nitrogen and oxygen atoms in total. The molecule has 5 heterocycles. The maximum Gasteiger partial charge on any atom is 0.262 e. The van der Waals surface area contributed by atoms with Crippen LogP contribution < -0.4 is 16.0 Å². The van der Waals surface area contributed by atoms with Crippen LogP contribution in [0.5, 0.6) is 11.5 Å². The van der Waals surface area contributed by atoms with E-state index in [0.717, 1.165) is 47.2 Å². The first kappa shape index (κ1) is 30.1. The van der Waals surface area contributed by atoms with Crippen molar-refractivity contribution in [2.24, 2.45) is 0 Å². The maximum atomic E-state index is 15.0. The molecule has 3 aromatic carbocycles. The van der Waals surface area contributed by atoms with Gasteiger partial charge in [0, 0.05) is 35.9 Å². The molecule has 7 aromatic rings. The number of fused-ring (bicyclic) bond motifs is 3. The minimum absolute atomic E-state index is 0.0729. The standard InChI is InChI=1S/C38H35N9O3/c1-4-45-19-22(18-42-45)24-11-8-12-27-30(24)36(49)47(38(15-16-38)23-9-6-5-7-10-23)29(43-27)20-46-35-31(34(39)40-21-41-35)32(44-46)25-13-14-28(48)33-26(25)17-37(2,3)50-33/h5-14,18-19,21,48H,4,15-17,20H2,1-3H3,(H2,39,40,41). The van der Waals surface area contributed by atoms with Crippen LogP contribution in [0.2, 0.25) is 0 Å². The van der Waals surface area contributed by atoms with Gasteiger partial charge in [-0.3, -0.25) is 14.0 Å². The summed E-state index contributed by atoms with van der Waals surface area (Å²) in [7, 11) is 0. The van der Waals surface area contributed by atoms with E-state index in [2.05, 4.69) is 27.2 Å². The van der Waals surface area contributed by atoms with E-state index in [-0.39, 0.29) is 23.7 Å². The Morgan fingerprint density at radius 2 is 1.80 bits per heavy atom. The second-order valence-corrected chi connectivity index (χ2v) is 13.8. The lowest BCUT2D eigenvalue weighted by Crippen LogP contribution is -2.36. The zero-order valence-electron chi connectivity index (χ0n) is 28.0. The van der Waals surface area contributed by atoms with Gasteiger partial charge in [0.15, 0.2) is 17.1 Å². The van der Waals surface area contributed by atoms with E-state index in [1.807, 2.05) is 78.7 Å². The average Bonchev–Trinajstić information content (AvgIpc) is 3.42. The number of anilines is 1. The fraction of sp³-hybridized carbons (Fsp3) is 0.263. The smallest absolute Gasteiger partial charge is 0.262 e. The molecule has 0 radical (unpaired) electrons. The van der Waals surface area contributed by atoms with Crippen LogP contribution in [0, 0.1) is 0 Å². The van der Waals surface area contributed by atoms with Gasteiger partial charge in [0.05, 0.1) is 28.0 Å². The Hall–Kier alpha value is -6.04. The molecule has 0 saturated heterocycles. The van der Waals surface area contributed by atoms with Crippen molar-refractivity contribution in [3.05, 3.63) is 107 Å². The summed E-state index contributed by atoms with van der Waals surface area (Å²) >= 11 is 0. The second kappa shape index (κ2) is 10.7. The molecule has 9 rings (SSSR count). The molecule has 1 aliphatic heterocycles. The number of rotatable bonds is 7. The van der Waals surface area contributed by atoms with Crippen molar-refractivity contribution in [3.63, 3.8) is 0 Å². The van der Waals surface area contributed by atoms with Gasteiger partial charge >= 0.3 is 0 Å². The summed E-state index contributed by atoms with van der Waals surface area (Å²) in [5.74, 6) is 1.34. The van der Waals surface area contributed by atoms with Gasteiger partial charge in [-0.15, -0.1) is 0 Å². The lowest BCUT2D eigenvalue weighted by atomic mass is 9.95. The van der Waals surface area contributed by atoms with E-state index in [4.69, 9.17) is 20.6 Å². The molecule has 0 spiro atoms. The number of benzene rings is 3. The minimum atomic E-state index is -0.559. The summed E-state index contributed by atoms with van der Waals surface area (Å²) in [5, 5.41) is 21.4. The van der Waals surface area contributed by atoms with Crippen LogP contribution in [0.15, 0.2) is 84.2 Å². The number of aromatic nitrogens is 8. The highest BCUT2D eigenvalue weighted by molar-refractivity contribution is 5.99. The quantitative estimate of drug-likeness (QED) is 0.219. The SMILES string of the molecule is CCn1cc(-c2cccc3nc(Cn4nc(-c5ccc(O)c6c5CC(C)(C)O6)c5c(N)ncnc54)n(C4(c5ccccc5)CC4)c(=O)c23)cn1. The fourth-order valence-electron chi connectivity index (χ4n) is 7.58. The summed E-state index contributed by atoms with van der Waals surface area (Å²) in [6, 6.07) is 19.4. The molecule has 2 aliphatic rings. The minimum Gasteiger partial charge on any atom is -0.504 e. The first-order valence-corrected chi connectivity index (χ1v) is 16.8.